The summed E-state index contributed by atoms with van der Waals surface area (Å²) in [5.41, 5.74) is -0.135. The minimum absolute atomic E-state index is 0.0972. The van der Waals surface area contributed by atoms with Crippen LogP contribution in [0.5, 0.6) is 0 Å². The van der Waals surface area contributed by atoms with Crippen LogP contribution in [0, 0.1) is 0 Å². The van der Waals surface area contributed by atoms with Gasteiger partial charge < -0.3 is 9.31 Å². The van der Waals surface area contributed by atoms with Crippen molar-refractivity contribution < 1.29 is 9.31 Å². The van der Waals surface area contributed by atoms with Gasteiger partial charge in [-0.05, 0) is 40.4 Å². The van der Waals surface area contributed by atoms with Crippen LogP contribution in [0.25, 0.3) is 0 Å². The standard InChI is InChI=1S/C10H23BO2/c1-8(2)11(12-9(3)4)13-10(5,6)7/h8-9H,1-7H3. The first-order valence-electron chi connectivity index (χ1n) is 5.05. The third-order valence-electron chi connectivity index (χ3n) is 1.42. The Balaban J connectivity index is 4.11. The van der Waals surface area contributed by atoms with E-state index in [4.69, 9.17) is 9.31 Å². The minimum atomic E-state index is -0.135. The highest BCUT2D eigenvalue weighted by atomic mass is 16.6. The number of hydrogen-bond donors (Lipinski definition) is 0. The van der Waals surface area contributed by atoms with Crippen molar-refractivity contribution in [3.05, 3.63) is 0 Å². The van der Waals surface area contributed by atoms with E-state index < -0.39 is 0 Å². The maximum atomic E-state index is 5.79. The summed E-state index contributed by atoms with van der Waals surface area (Å²) in [5, 5.41) is 0. The summed E-state index contributed by atoms with van der Waals surface area (Å²) in [6.45, 7) is 14.4. The molecule has 0 aliphatic heterocycles. The van der Waals surface area contributed by atoms with Crippen LogP contribution >= 0.6 is 0 Å². The van der Waals surface area contributed by atoms with Crippen molar-refractivity contribution in [3.8, 4) is 0 Å². The van der Waals surface area contributed by atoms with Crippen molar-refractivity contribution in [2.75, 3.05) is 0 Å². The quantitative estimate of drug-likeness (QED) is 0.628. The van der Waals surface area contributed by atoms with E-state index in [1.165, 1.54) is 0 Å². The summed E-state index contributed by atoms with van der Waals surface area (Å²) < 4.78 is 11.5. The van der Waals surface area contributed by atoms with Gasteiger partial charge in [-0.15, -0.1) is 0 Å². The van der Waals surface area contributed by atoms with Crippen LogP contribution < -0.4 is 0 Å². The summed E-state index contributed by atoms with van der Waals surface area (Å²) in [5.74, 6) is 0.390. The van der Waals surface area contributed by atoms with Gasteiger partial charge in [0.2, 0.25) is 0 Å². The van der Waals surface area contributed by atoms with E-state index in [2.05, 4.69) is 13.8 Å². The third kappa shape index (κ3) is 7.09. The largest absolute Gasteiger partial charge is 0.460 e. The molecular formula is C10H23BO2. The van der Waals surface area contributed by atoms with Gasteiger partial charge in [0.25, 0.3) is 0 Å². The maximum Gasteiger partial charge on any atom is 0.460 e. The summed E-state index contributed by atoms with van der Waals surface area (Å²) in [7, 11) is -0.0972. The van der Waals surface area contributed by atoms with Gasteiger partial charge in [0.1, 0.15) is 0 Å². The van der Waals surface area contributed by atoms with Crippen molar-refractivity contribution in [2.45, 2.75) is 66.0 Å². The molecule has 0 spiro atoms. The van der Waals surface area contributed by atoms with E-state index in [-0.39, 0.29) is 18.8 Å². The van der Waals surface area contributed by atoms with Gasteiger partial charge in [0.05, 0.1) is 0 Å². The number of rotatable bonds is 4. The second-order valence-corrected chi connectivity index (χ2v) is 5.03. The molecule has 2 nitrogen and oxygen atoms in total. The van der Waals surface area contributed by atoms with Crippen molar-refractivity contribution in [3.63, 3.8) is 0 Å². The number of hydrogen-bond acceptors (Lipinski definition) is 2. The molecule has 0 radical (unpaired) electrons. The second kappa shape index (κ2) is 5.01. The lowest BCUT2D eigenvalue weighted by molar-refractivity contribution is 0.0647. The molecule has 0 unspecified atom stereocenters. The molecule has 0 saturated heterocycles. The Bertz CT molecular complexity index is 138. The molecule has 0 aliphatic carbocycles. The van der Waals surface area contributed by atoms with Crippen molar-refractivity contribution >= 4 is 7.12 Å². The average molecular weight is 186 g/mol. The monoisotopic (exact) mass is 186 g/mol. The van der Waals surface area contributed by atoms with Gasteiger partial charge in [0, 0.05) is 11.7 Å². The fraction of sp³-hybridized carbons (Fsp3) is 1.00. The molecule has 3 heteroatoms. The SMILES string of the molecule is CC(C)OB(OC(C)(C)C)C(C)C. The van der Waals surface area contributed by atoms with Gasteiger partial charge in [-0.25, -0.2) is 0 Å². The van der Waals surface area contributed by atoms with Gasteiger partial charge in [-0.2, -0.15) is 0 Å². The Morgan fingerprint density at radius 1 is 1.00 bits per heavy atom. The highest BCUT2D eigenvalue weighted by Gasteiger charge is 2.29. The van der Waals surface area contributed by atoms with Crippen LogP contribution in [0.2, 0.25) is 5.82 Å². The normalized spacial score (nSPS) is 12.7. The predicted octanol–water partition coefficient (Wildman–Crippen LogP) is 3.12. The first-order chi connectivity index (χ1) is 5.72. The zero-order valence-electron chi connectivity index (χ0n) is 10.0. The van der Waals surface area contributed by atoms with Gasteiger partial charge in [0.15, 0.2) is 0 Å². The second-order valence-electron chi connectivity index (χ2n) is 5.03. The van der Waals surface area contributed by atoms with E-state index in [0.29, 0.717) is 5.82 Å². The minimum Gasteiger partial charge on any atom is -0.409 e. The average Bonchev–Trinajstić information content (AvgIpc) is 1.81. The van der Waals surface area contributed by atoms with Crippen molar-refractivity contribution in [1.29, 1.82) is 0 Å². The van der Waals surface area contributed by atoms with Crippen molar-refractivity contribution in [2.24, 2.45) is 0 Å². The molecule has 0 aromatic carbocycles. The van der Waals surface area contributed by atoms with Crippen LogP contribution in [-0.4, -0.2) is 18.8 Å². The Morgan fingerprint density at radius 3 is 1.69 bits per heavy atom. The molecule has 0 rings (SSSR count). The Labute approximate surface area is 83.1 Å². The molecule has 0 aromatic heterocycles. The van der Waals surface area contributed by atoms with Crippen molar-refractivity contribution in [1.82, 2.24) is 0 Å². The fourth-order valence-electron chi connectivity index (χ4n) is 0.938. The highest BCUT2D eigenvalue weighted by molar-refractivity contribution is 6.46. The Hall–Kier alpha value is -0.0151. The molecule has 13 heavy (non-hydrogen) atoms. The highest BCUT2D eigenvalue weighted by Crippen LogP contribution is 2.18. The molecule has 0 aliphatic rings. The van der Waals surface area contributed by atoms with Crippen LogP contribution in [0.4, 0.5) is 0 Å². The lowest BCUT2D eigenvalue weighted by Crippen LogP contribution is -2.37. The Kier molecular flexibility index (Phi) is 5.01. The zero-order chi connectivity index (χ0) is 10.6. The summed E-state index contributed by atoms with van der Waals surface area (Å²) in [4.78, 5) is 0. The first kappa shape index (κ1) is 13.0. The molecule has 0 fully saturated rings. The summed E-state index contributed by atoms with van der Waals surface area (Å²) in [6.07, 6.45) is 0.217. The fourth-order valence-corrected chi connectivity index (χ4v) is 0.938. The lowest BCUT2D eigenvalue weighted by Gasteiger charge is -2.28. The maximum absolute atomic E-state index is 5.79. The van der Waals surface area contributed by atoms with Crippen LogP contribution in [0.3, 0.4) is 0 Å². The molecule has 0 saturated carbocycles. The molecule has 0 aromatic rings. The van der Waals surface area contributed by atoms with Crippen LogP contribution in [-0.2, 0) is 9.31 Å². The predicted molar refractivity (Wildman–Crippen MR) is 57.9 cm³/mol. The van der Waals surface area contributed by atoms with Crippen LogP contribution in [0.1, 0.15) is 48.5 Å². The molecule has 0 amide bonds. The third-order valence-corrected chi connectivity index (χ3v) is 1.42. The summed E-state index contributed by atoms with van der Waals surface area (Å²) >= 11 is 0. The lowest BCUT2D eigenvalue weighted by atomic mass is 9.73. The first-order valence-corrected chi connectivity index (χ1v) is 5.05. The summed E-state index contributed by atoms with van der Waals surface area (Å²) in [6, 6.07) is 0. The molecule has 78 valence electrons. The van der Waals surface area contributed by atoms with Gasteiger partial charge in [-0.3, -0.25) is 0 Å². The van der Waals surface area contributed by atoms with Gasteiger partial charge >= 0.3 is 7.12 Å². The van der Waals surface area contributed by atoms with Gasteiger partial charge in [-0.1, -0.05) is 13.8 Å². The van der Waals surface area contributed by atoms with E-state index in [9.17, 15) is 0 Å². The molecule has 0 atom stereocenters. The molecule has 0 bridgehead atoms. The molecule has 0 N–H and O–H groups in total. The Morgan fingerprint density at radius 2 is 1.46 bits per heavy atom. The molecule has 0 heterocycles. The molecular weight excluding hydrogens is 163 g/mol. The van der Waals surface area contributed by atoms with E-state index in [0.717, 1.165) is 0 Å². The smallest absolute Gasteiger partial charge is 0.409 e. The van der Waals surface area contributed by atoms with E-state index in [1.54, 1.807) is 0 Å². The van der Waals surface area contributed by atoms with E-state index >= 15 is 0 Å². The van der Waals surface area contributed by atoms with E-state index in [1.807, 2.05) is 34.6 Å². The topological polar surface area (TPSA) is 18.5 Å². The zero-order valence-corrected chi connectivity index (χ0v) is 10.0. The van der Waals surface area contributed by atoms with Crippen LogP contribution in [0.15, 0.2) is 0 Å².